The fraction of sp³-hybridized carbons (Fsp3) is 0.444. The van der Waals surface area contributed by atoms with Gasteiger partial charge in [0.2, 0.25) is 0 Å². The highest BCUT2D eigenvalue weighted by molar-refractivity contribution is 7.80. The minimum Gasteiger partial charge on any atom is -0.383 e. The van der Waals surface area contributed by atoms with Crippen molar-refractivity contribution in [3.05, 3.63) is 53.1 Å². The lowest BCUT2D eigenvalue weighted by molar-refractivity contribution is 0.164. The molecule has 1 N–H and O–H groups in total. The summed E-state index contributed by atoms with van der Waals surface area (Å²) in [6.45, 7) is 5.68. The third-order valence-electron chi connectivity index (χ3n) is 4.87. The molecule has 2 aromatic rings. The van der Waals surface area contributed by atoms with Crippen LogP contribution >= 0.6 is 12.2 Å². The van der Waals surface area contributed by atoms with Gasteiger partial charge in [0.25, 0.3) is 0 Å². The molecule has 1 saturated heterocycles. The first-order valence-corrected chi connectivity index (χ1v) is 8.55. The maximum Gasteiger partial charge on any atom is 0.170 e. The summed E-state index contributed by atoms with van der Waals surface area (Å²) in [5.74, 6) is 0. The SMILES string of the molecule is COCCN1C(=S)N[C@H](c2ccccn2)[C@H]1c1cc(C)n(C)c1C. The highest BCUT2D eigenvalue weighted by Gasteiger charge is 2.40. The lowest BCUT2D eigenvalue weighted by Crippen LogP contribution is -2.32. The van der Waals surface area contributed by atoms with E-state index in [1.54, 1.807) is 7.11 Å². The van der Waals surface area contributed by atoms with Gasteiger partial charge in [-0.15, -0.1) is 0 Å². The van der Waals surface area contributed by atoms with E-state index >= 15 is 0 Å². The first kappa shape index (κ1) is 16.9. The van der Waals surface area contributed by atoms with Crippen molar-refractivity contribution in [1.82, 2.24) is 19.8 Å². The molecule has 2 atom stereocenters. The maximum atomic E-state index is 5.62. The molecule has 3 heterocycles. The van der Waals surface area contributed by atoms with Crippen molar-refractivity contribution in [1.29, 1.82) is 0 Å². The number of hydrogen-bond acceptors (Lipinski definition) is 3. The minimum absolute atomic E-state index is 0.0380. The number of aromatic nitrogens is 2. The van der Waals surface area contributed by atoms with Crippen molar-refractivity contribution >= 4 is 17.3 Å². The van der Waals surface area contributed by atoms with Crippen molar-refractivity contribution in [3.8, 4) is 0 Å². The molecule has 1 aliphatic rings. The summed E-state index contributed by atoms with van der Waals surface area (Å²) in [6, 6.07) is 8.42. The van der Waals surface area contributed by atoms with E-state index in [2.05, 4.69) is 52.8 Å². The van der Waals surface area contributed by atoms with Crippen LogP contribution in [0.25, 0.3) is 0 Å². The first-order valence-electron chi connectivity index (χ1n) is 8.14. The molecule has 0 spiro atoms. The van der Waals surface area contributed by atoms with Gasteiger partial charge in [0.1, 0.15) is 0 Å². The second-order valence-electron chi connectivity index (χ2n) is 6.20. The Morgan fingerprint density at radius 2 is 2.12 bits per heavy atom. The summed E-state index contributed by atoms with van der Waals surface area (Å²) in [5.41, 5.74) is 4.79. The summed E-state index contributed by atoms with van der Waals surface area (Å²) in [7, 11) is 3.82. The average Bonchev–Trinajstić information content (AvgIpc) is 3.05. The summed E-state index contributed by atoms with van der Waals surface area (Å²) >= 11 is 5.62. The molecule has 0 saturated carbocycles. The second kappa shape index (κ2) is 6.91. The van der Waals surface area contributed by atoms with Crippen molar-refractivity contribution in [3.63, 3.8) is 0 Å². The molecule has 0 aliphatic carbocycles. The summed E-state index contributed by atoms with van der Waals surface area (Å²) in [5, 5.41) is 4.22. The third kappa shape index (κ3) is 2.91. The van der Waals surface area contributed by atoms with Gasteiger partial charge in [-0.25, -0.2) is 0 Å². The standard InChI is InChI=1S/C18H24N4OS/c1-12-11-14(13(2)21(12)3)17-16(15-7-5-6-8-19-15)20-18(24)22(17)9-10-23-4/h5-8,11,16-17H,9-10H2,1-4H3,(H,20,24)/t16-,17-/m1/s1. The van der Waals surface area contributed by atoms with Gasteiger partial charge in [-0.3, -0.25) is 4.98 Å². The van der Waals surface area contributed by atoms with Crippen LogP contribution in [0.3, 0.4) is 0 Å². The highest BCUT2D eigenvalue weighted by atomic mass is 32.1. The number of nitrogens with zero attached hydrogens (tertiary/aromatic N) is 3. The van der Waals surface area contributed by atoms with E-state index in [0.29, 0.717) is 6.61 Å². The van der Waals surface area contributed by atoms with E-state index in [-0.39, 0.29) is 12.1 Å². The van der Waals surface area contributed by atoms with Gasteiger partial charge in [-0.1, -0.05) is 6.07 Å². The zero-order valence-corrected chi connectivity index (χ0v) is 15.4. The Balaban J connectivity index is 2.05. The predicted molar refractivity (Wildman–Crippen MR) is 98.9 cm³/mol. The van der Waals surface area contributed by atoms with Gasteiger partial charge in [0, 0.05) is 38.3 Å². The Hall–Kier alpha value is -1.92. The Morgan fingerprint density at radius 3 is 2.71 bits per heavy atom. The molecule has 0 amide bonds. The van der Waals surface area contributed by atoms with Crippen molar-refractivity contribution in [2.45, 2.75) is 25.9 Å². The molecule has 0 unspecified atom stereocenters. The van der Waals surface area contributed by atoms with E-state index < -0.39 is 0 Å². The first-order chi connectivity index (χ1) is 11.5. The third-order valence-corrected chi connectivity index (χ3v) is 5.22. The number of nitrogens with one attached hydrogen (secondary N) is 1. The van der Waals surface area contributed by atoms with Crippen LogP contribution in [-0.2, 0) is 11.8 Å². The normalized spacial score (nSPS) is 20.5. The lowest BCUT2D eigenvalue weighted by atomic mass is 9.97. The average molecular weight is 344 g/mol. The number of pyridine rings is 1. The molecule has 0 aromatic carbocycles. The zero-order valence-electron chi connectivity index (χ0n) is 14.6. The van der Waals surface area contributed by atoms with Crippen LogP contribution in [0.5, 0.6) is 0 Å². The molecule has 1 aliphatic heterocycles. The van der Waals surface area contributed by atoms with Gasteiger partial charge in [0.05, 0.1) is 24.4 Å². The smallest absolute Gasteiger partial charge is 0.170 e. The number of aryl methyl sites for hydroxylation is 1. The summed E-state index contributed by atoms with van der Waals surface area (Å²) < 4.78 is 7.51. The van der Waals surface area contributed by atoms with Crippen LogP contribution in [0.15, 0.2) is 30.5 Å². The van der Waals surface area contributed by atoms with E-state index in [9.17, 15) is 0 Å². The molecule has 2 aromatic heterocycles. The number of methoxy groups -OCH3 is 1. The quantitative estimate of drug-likeness (QED) is 0.845. The van der Waals surface area contributed by atoms with Gasteiger partial charge in [0.15, 0.2) is 5.11 Å². The molecule has 0 bridgehead atoms. The van der Waals surface area contributed by atoms with Crippen LogP contribution in [0.2, 0.25) is 0 Å². The maximum absolute atomic E-state index is 5.62. The molecule has 1 fully saturated rings. The van der Waals surface area contributed by atoms with Gasteiger partial charge in [-0.05, 0) is 49.8 Å². The summed E-state index contributed by atoms with van der Waals surface area (Å²) in [6.07, 6.45) is 1.83. The highest BCUT2D eigenvalue weighted by Crippen LogP contribution is 2.40. The number of thiocarbonyl (C=S) groups is 1. The minimum atomic E-state index is 0.0380. The van der Waals surface area contributed by atoms with E-state index in [1.807, 2.05) is 18.3 Å². The van der Waals surface area contributed by atoms with Gasteiger partial charge >= 0.3 is 0 Å². The fourth-order valence-electron chi connectivity index (χ4n) is 3.36. The lowest BCUT2D eigenvalue weighted by Gasteiger charge is -2.27. The fourth-order valence-corrected chi connectivity index (χ4v) is 3.69. The van der Waals surface area contributed by atoms with Crippen LogP contribution < -0.4 is 5.32 Å². The number of hydrogen-bond donors (Lipinski definition) is 1. The molecule has 24 heavy (non-hydrogen) atoms. The van der Waals surface area contributed by atoms with Crippen LogP contribution in [-0.4, -0.2) is 39.8 Å². The molecule has 6 heteroatoms. The number of ether oxygens (including phenoxy) is 1. The Morgan fingerprint density at radius 1 is 1.33 bits per heavy atom. The molecular formula is C18H24N4OS. The molecule has 0 radical (unpaired) electrons. The van der Waals surface area contributed by atoms with E-state index in [4.69, 9.17) is 17.0 Å². The Kier molecular flexibility index (Phi) is 4.87. The van der Waals surface area contributed by atoms with Crippen molar-refractivity contribution in [2.24, 2.45) is 7.05 Å². The second-order valence-corrected chi connectivity index (χ2v) is 6.58. The monoisotopic (exact) mass is 344 g/mol. The van der Waals surface area contributed by atoms with E-state index in [1.165, 1.54) is 17.0 Å². The van der Waals surface area contributed by atoms with Crippen molar-refractivity contribution in [2.75, 3.05) is 20.3 Å². The van der Waals surface area contributed by atoms with E-state index in [0.717, 1.165) is 17.4 Å². The molecule has 128 valence electrons. The van der Waals surface area contributed by atoms with Crippen LogP contribution in [0.1, 0.15) is 34.7 Å². The number of rotatable bonds is 5. The Labute approximate surface area is 148 Å². The van der Waals surface area contributed by atoms with Crippen LogP contribution in [0.4, 0.5) is 0 Å². The molecule has 3 rings (SSSR count). The Bertz CT molecular complexity index is 728. The largest absolute Gasteiger partial charge is 0.383 e. The van der Waals surface area contributed by atoms with Crippen molar-refractivity contribution < 1.29 is 4.74 Å². The molecular weight excluding hydrogens is 320 g/mol. The van der Waals surface area contributed by atoms with Gasteiger partial charge in [-0.2, -0.15) is 0 Å². The zero-order chi connectivity index (χ0) is 17.3. The summed E-state index contributed by atoms with van der Waals surface area (Å²) in [4.78, 5) is 6.78. The topological polar surface area (TPSA) is 42.3 Å². The predicted octanol–water partition coefficient (Wildman–Crippen LogP) is 2.66. The van der Waals surface area contributed by atoms with Crippen LogP contribution in [0, 0.1) is 13.8 Å². The molecule has 5 nitrogen and oxygen atoms in total. The van der Waals surface area contributed by atoms with Gasteiger partial charge < -0.3 is 19.5 Å².